The molecule has 0 N–H and O–H groups in total. The van der Waals surface area contributed by atoms with Crippen molar-refractivity contribution >= 4 is 11.8 Å². The van der Waals surface area contributed by atoms with Crippen molar-refractivity contribution in [2.45, 2.75) is 39.0 Å². The van der Waals surface area contributed by atoms with Gasteiger partial charge in [-0.15, -0.1) is 11.8 Å². The van der Waals surface area contributed by atoms with E-state index in [1.165, 1.54) is 7.11 Å². The van der Waals surface area contributed by atoms with Gasteiger partial charge in [0.1, 0.15) is 5.78 Å². The van der Waals surface area contributed by atoms with Crippen LogP contribution in [-0.4, -0.2) is 18.9 Å². The van der Waals surface area contributed by atoms with Gasteiger partial charge in [0, 0.05) is 25.7 Å². The van der Waals surface area contributed by atoms with Gasteiger partial charge in [0.05, 0.1) is 7.11 Å². The molecule has 0 aromatic carbocycles. The lowest BCUT2D eigenvalue weighted by molar-refractivity contribution is -0.140. The fourth-order valence-electron chi connectivity index (χ4n) is 0.838. The van der Waals surface area contributed by atoms with Gasteiger partial charge >= 0.3 is 5.97 Å². The van der Waals surface area contributed by atoms with Crippen molar-refractivity contribution in [3.05, 3.63) is 0 Å². The summed E-state index contributed by atoms with van der Waals surface area (Å²) in [5.74, 6) is 5.76. The first-order chi connectivity index (χ1) is 6.66. The van der Waals surface area contributed by atoms with Gasteiger partial charge in [-0.05, 0) is 13.3 Å². The summed E-state index contributed by atoms with van der Waals surface area (Å²) in [6.07, 6.45) is 2.96. The fraction of sp³-hybridized carbons (Fsp3) is 0.636. The number of methoxy groups -OCH3 is 1. The zero-order valence-electron chi connectivity index (χ0n) is 8.76. The molecule has 0 aliphatic carbocycles. The van der Waals surface area contributed by atoms with Crippen molar-refractivity contribution in [1.29, 1.82) is 0 Å². The summed E-state index contributed by atoms with van der Waals surface area (Å²) in [6, 6.07) is 0. The van der Waals surface area contributed by atoms with Crippen LogP contribution in [-0.2, 0) is 14.3 Å². The maximum atomic E-state index is 10.7. The lowest BCUT2D eigenvalue weighted by Crippen LogP contribution is -1.98. The number of unbranched alkanes of at least 4 members (excludes halogenated alkanes) is 1. The lowest BCUT2D eigenvalue weighted by Gasteiger charge is -1.94. The summed E-state index contributed by atoms with van der Waals surface area (Å²) in [7, 11) is 1.38. The maximum absolute atomic E-state index is 10.7. The Kier molecular flexibility index (Phi) is 7.53. The smallest absolute Gasteiger partial charge is 0.305 e. The minimum atomic E-state index is -0.199. The van der Waals surface area contributed by atoms with E-state index < -0.39 is 0 Å². The topological polar surface area (TPSA) is 43.4 Å². The first-order valence-corrected chi connectivity index (χ1v) is 4.68. The Bertz CT molecular complexity index is 245. The molecule has 0 aromatic rings. The van der Waals surface area contributed by atoms with Crippen molar-refractivity contribution in [3.8, 4) is 11.8 Å². The van der Waals surface area contributed by atoms with Crippen LogP contribution < -0.4 is 0 Å². The van der Waals surface area contributed by atoms with Gasteiger partial charge in [-0.3, -0.25) is 9.59 Å². The highest BCUT2D eigenvalue weighted by atomic mass is 16.5. The zero-order valence-corrected chi connectivity index (χ0v) is 8.76. The number of ether oxygens (including phenoxy) is 1. The first kappa shape index (κ1) is 12.7. The van der Waals surface area contributed by atoms with Crippen molar-refractivity contribution in [1.82, 2.24) is 0 Å². The molecule has 0 spiro atoms. The third kappa shape index (κ3) is 8.79. The van der Waals surface area contributed by atoms with E-state index in [1.54, 1.807) is 6.92 Å². The molecule has 0 saturated heterocycles. The Balaban J connectivity index is 3.34. The average Bonchev–Trinajstić information content (AvgIpc) is 2.15. The zero-order chi connectivity index (χ0) is 10.8. The minimum Gasteiger partial charge on any atom is -0.469 e. The number of rotatable bonds is 5. The molecular formula is C11H16O3. The van der Waals surface area contributed by atoms with Crippen LogP contribution >= 0.6 is 0 Å². The summed E-state index contributed by atoms with van der Waals surface area (Å²) in [5, 5.41) is 0. The molecule has 0 amide bonds. The molecule has 0 bridgehead atoms. The van der Waals surface area contributed by atoms with E-state index >= 15 is 0 Å². The van der Waals surface area contributed by atoms with Crippen molar-refractivity contribution in [3.63, 3.8) is 0 Å². The summed E-state index contributed by atoms with van der Waals surface area (Å²) < 4.78 is 4.48. The van der Waals surface area contributed by atoms with E-state index in [1.807, 2.05) is 0 Å². The molecule has 0 rings (SSSR count). The lowest BCUT2D eigenvalue weighted by atomic mass is 10.2. The number of ketones is 1. The van der Waals surface area contributed by atoms with Gasteiger partial charge in [0.2, 0.25) is 0 Å². The van der Waals surface area contributed by atoms with E-state index in [4.69, 9.17) is 0 Å². The first-order valence-electron chi connectivity index (χ1n) is 4.68. The van der Waals surface area contributed by atoms with E-state index in [-0.39, 0.29) is 11.8 Å². The predicted octanol–water partition coefficient (Wildman–Crippen LogP) is 1.70. The van der Waals surface area contributed by atoms with Gasteiger partial charge in [-0.2, -0.15) is 0 Å². The van der Waals surface area contributed by atoms with Gasteiger partial charge in [0.15, 0.2) is 0 Å². The van der Waals surface area contributed by atoms with Crippen LogP contribution in [0.2, 0.25) is 0 Å². The number of carbonyl (C=O) groups is 2. The van der Waals surface area contributed by atoms with Crippen molar-refractivity contribution in [2.24, 2.45) is 0 Å². The molecular weight excluding hydrogens is 180 g/mol. The number of Topliss-reactive ketones (excluding diaryl/α,β-unsaturated/α-hetero) is 1. The molecule has 0 atom stereocenters. The van der Waals surface area contributed by atoms with E-state index in [0.717, 1.165) is 6.42 Å². The maximum Gasteiger partial charge on any atom is 0.305 e. The molecule has 0 radical (unpaired) electrons. The Morgan fingerprint density at radius 2 is 1.79 bits per heavy atom. The van der Waals surface area contributed by atoms with Crippen LogP contribution in [0.3, 0.4) is 0 Å². The Morgan fingerprint density at radius 1 is 1.14 bits per heavy atom. The summed E-state index contributed by atoms with van der Waals surface area (Å²) in [4.78, 5) is 21.2. The second kappa shape index (κ2) is 8.31. The van der Waals surface area contributed by atoms with Crippen molar-refractivity contribution in [2.75, 3.05) is 7.11 Å². The van der Waals surface area contributed by atoms with Crippen LogP contribution in [0.15, 0.2) is 0 Å². The number of esters is 1. The third-order valence-corrected chi connectivity index (χ3v) is 1.64. The highest BCUT2D eigenvalue weighted by Gasteiger charge is 1.96. The SMILES string of the molecule is COC(=O)CCCC#CCCC(C)=O. The van der Waals surface area contributed by atoms with E-state index in [9.17, 15) is 9.59 Å². The van der Waals surface area contributed by atoms with Gasteiger partial charge in [-0.25, -0.2) is 0 Å². The molecule has 78 valence electrons. The molecule has 3 nitrogen and oxygen atoms in total. The second-order valence-electron chi connectivity index (χ2n) is 2.99. The minimum absolute atomic E-state index is 0.161. The van der Waals surface area contributed by atoms with E-state index in [0.29, 0.717) is 25.7 Å². The fourth-order valence-corrected chi connectivity index (χ4v) is 0.838. The number of carbonyl (C=O) groups excluding carboxylic acids is 2. The predicted molar refractivity (Wildman–Crippen MR) is 53.6 cm³/mol. The molecule has 0 heterocycles. The quantitative estimate of drug-likeness (QED) is 0.382. The largest absolute Gasteiger partial charge is 0.469 e. The number of hydrogen-bond donors (Lipinski definition) is 0. The second-order valence-corrected chi connectivity index (χ2v) is 2.99. The highest BCUT2D eigenvalue weighted by Crippen LogP contribution is 1.96. The molecule has 3 heteroatoms. The van der Waals surface area contributed by atoms with Crippen LogP contribution in [0, 0.1) is 11.8 Å². The summed E-state index contributed by atoms with van der Waals surface area (Å²) in [6.45, 7) is 1.55. The van der Waals surface area contributed by atoms with Gasteiger partial charge in [0.25, 0.3) is 0 Å². The van der Waals surface area contributed by atoms with E-state index in [2.05, 4.69) is 16.6 Å². The third-order valence-electron chi connectivity index (χ3n) is 1.64. The van der Waals surface area contributed by atoms with Crippen LogP contribution in [0.4, 0.5) is 0 Å². The normalized spacial score (nSPS) is 8.71. The highest BCUT2D eigenvalue weighted by molar-refractivity contribution is 5.75. The Hall–Kier alpha value is -1.30. The summed E-state index contributed by atoms with van der Waals surface area (Å²) in [5.41, 5.74) is 0. The standard InChI is InChI=1S/C11H16O3/c1-10(12)8-6-4-3-5-7-9-11(13)14-2/h5-9H2,1-2H3. The monoisotopic (exact) mass is 196 g/mol. The Morgan fingerprint density at radius 3 is 2.36 bits per heavy atom. The Labute approximate surface area is 84.8 Å². The van der Waals surface area contributed by atoms with Gasteiger partial charge in [-0.1, -0.05) is 0 Å². The number of hydrogen-bond acceptors (Lipinski definition) is 3. The van der Waals surface area contributed by atoms with Crippen LogP contribution in [0.1, 0.15) is 39.0 Å². The molecule has 0 aliphatic rings. The van der Waals surface area contributed by atoms with Crippen molar-refractivity contribution < 1.29 is 14.3 Å². The molecule has 0 aromatic heterocycles. The molecule has 0 saturated carbocycles. The molecule has 14 heavy (non-hydrogen) atoms. The average molecular weight is 196 g/mol. The van der Waals surface area contributed by atoms with Crippen LogP contribution in [0.5, 0.6) is 0 Å². The molecule has 0 aliphatic heterocycles. The molecule has 0 fully saturated rings. The molecule has 0 unspecified atom stereocenters. The van der Waals surface area contributed by atoms with Gasteiger partial charge < -0.3 is 4.74 Å². The van der Waals surface area contributed by atoms with Crippen LogP contribution in [0.25, 0.3) is 0 Å². The summed E-state index contributed by atoms with van der Waals surface area (Å²) >= 11 is 0.